The van der Waals surface area contributed by atoms with Crippen molar-refractivity contribution in [3.05, 3.63) is 0 Å². The average molecular weight is 169 g/mol. The van der Waals surface area contributed by atoms with Gasteiger partial charge in [-0.15, -0.1) is 0 Å². The molecule has 0 aromatic heterocycles. The summed E-state index contributed by atoms with van der Waals surface area (Å²) < 4.78 is 0. The molecule has 1 nitrogen and oxygen atoms in total. The van der Waals surface area contributed by atoms with E-state index in [4.69, 9.17) is 0 Å². The van der Waals surface area contributed by atoms with Gasteiger partial charge in [-0.1, -0.05) is 27.2 Å². The summed E-state index contributed by atoms with van der Waals surface area (Å²) in [4.78, 5) is 0. The largest absolute Gasteiger partial charge is 0.311 e. The number of hydrogen-bond donors (Lipinski definition) is 1. The lowest BCUT2D eigenvalue weighted by Gasteiger charge is -2.25. The van der Waals surface area contributed by atoms with Gasteiger partial charge >= 0.3 is 0 Å². The Morgan fingerprint density at radius 2 is 1.83 bits per heavy atom. The molecule has 0 spiro atoms. The van der Waals surface area contributed by atoms with Crippen molar-refractivity contribution in [3.8, 4) is 0 Å². The zero-order chi connectivity index (χ0) is 9.14. The van der Waals surface area contributed by atoms with Crippen LogP contribution < -0.4 is 5.32 Å². The van der Waals surface area contributed by atoms with Crippen molar-refractivity contribution in [3.63, 3.8) is 0 Å². The molecule has 72 valence electrons. The Balaban J connectivity index is 2.30. The van der Waals surface area contributed by atoms with E-state index in [2.05, 4.69) is 33.0 Å². The lowest BCUT2D eigenvalue weighted by Crippen LogP contribution is -2.40. The third-order valence-electron chi connectivity index (χ3n) is 3.34. The number of hydrogen-bond acceptors (Lipinski definition) is 1. The summed E-state index contributed by atoms with van der Waals surface area (Å²) in [6.07, 6.45) is 4.23. The normalized spacial score (nSPS) is 32.8. The van der Waals surface area contributed by atoms with Crippen molar-refractivity contribution in [2.24, 2.45) is 11.8 Å². The zero-order valence-electron chi connectivity index (χ0n) is 8.93. The molecule has 0 unspecified atom stereocenters. The van der Waals surface area contributed by atoms with Crippen LogP contribution >= 0.6 is 0 Å². The van der Waals surface area contributed by atoms with E-state index in [1.54, 1.807) is 0 Å². The fourth-order valence-electron chi connectivity index (χ4n) is 1.92. The van der Waals surface area contributed by atoms with Gasteiger partial charge in [0.25, 0.3) is 0 Å². The van der Waals surface area contributed by atoms with E-state index < -0.39 is 0 Å². The first-order valence-electron chi connectivity index (χ1n) is 5.37. The first-order valence-corrected chi connectivity index (χ1v) is 5.37. The summed E-state index contributed by atoms with van der Waals surface area (Å²) >= 11 is 0. The summed E-state index contributed by atoms with van der Waals surface area (Å²) in [5.41, 5.74) is 0. The maximum absolute atomic E-state index is 3.73. The van der Waals surface area contributed by atoms with E-state index in [0.717, 1.165) is 17.9 Å². The molecule has 1 rings (SSSR count). The van der Waals surface area contributed by atoms with Gasteiger partial charge in [0.1, 0.15) is 0 Å². The molecule has 0 heterocycles. The summed E-state index contributed by atoms with van der Waals surface area (Å²) in [5, 5.41) is 3.73. The second kappa shape index (κ2) is 4.27. The van der Waals surface area contributed by atoms with Crippen molar-refractivity contribution in [1.82, 2.24) is 5.32 Å². The lowest BCUT2D eigenvalue weighted by atomic mass is 10.0. The van der Waals surface area contributed by atoms with Crippen LogP contribution in [0.15, 0.2) is 0 Å². The highest BCUT2D eigenvalue weighted by molar-refractivity contribution is 4.82. The summed E-state index contributed by atoms with van der Waals surface area (Å²) in [6, 6.07) is 1.47. The monoisotopic (exact) mass is 169 g/mol. The molecule has 0 aromatic rings. The minimum absolute atomic E-state index is 0.676. The topological polar surface area (TPSA) is 12.0 Å². The smallest absolute Gasteiger partial charge is 0.00952 e. The maximum Gasteiger partial charge on any atom is 0.00952 e. The van der Waals surface area contributed by atoms with Gasteiger partial charge in [0.05, 0.1) is 0 Å². The predicted molar refractivity (Wildman–Crippen MR) is 54.2 cm³/mol. The second-order valence-corrected chi connectivity index (χ2v) is 4.71. The van der Waals surface area contributed by atoms with Gasteiger partial charge in [0.2, 0.25) is 0 Å². The van der Waals surface area contributed by atoms with Crippen LogP contribution in [0.25, 0.3) is 0 Å². The molecule has 0 bridgehead atoms. The van der Waals surface area contributed by atoms with Gasteiger partial charge in [-0.2, -0.15) is 0 Å². The molecule has 12 heavy (non-hydrogen) atoms. The lowest BCUT2D eigenvalue weighted by molar-refractivity contribution is 0.334. The first-order chi connectivity index (χ1) is 5.61. The number of rotatable bonds is 3. The van der Waals surface area contributed by atoms with Crippen LogP contribution in [0.3, 0.4) is 0 Å². The quantitative estimate of drug-likeness (QED) is 0.685. The molecule has 1 aliphatic carbocycles. The Bertz CT molecular complexity index is 131. The minimum atomic E-state index is 0.676. The fourth-order valence-corrected chi connectivity index (χ4v) is 1.92. The van der Waals surface area contributed by atoms with Crippen molar-refractivity contribution in [2.75, 3.05) is 0 Å². The van der Waals surface area contributed by atoms with E-state index in [-0.39, 0.29) is 0 Å². The minimum Gasteiger partial charge on any atom is -0.311 e. The Morgan fingerprint density at radius 1 is 1.17 bits per heavy atom. The van der Waals surface area contributed by atoms with Crippen LogP contribution in [0.4, 0.5) is 0 Å². The van der Waals surface area contributed by atoms with Crippen molar-refractivity contribution in [1.29, 1.82) is 0 Å². The maximum atomic E-state index is 3.73. The molecule has 1 fully saturated rings. The van der Waals surface area contributed by atoms with Crippen LogP contribution in [-0.4, -0.2) is 12.1 Å². The third kappa shape index (κ3) is 2.48. The van der Waals surface area contributed by atoms with Gasteiger partial charge in [0, 0.05) is 12.1 Å². The van der Waals surface area contributed by atoms with Crippen molar-refractivity contribution < 1.29 is 0 Å². The van der Waals surface area contributed by atoms with Crippen LogP contribution in [0.5, 0.6) is 0 Å². The molecule has 3 atom stereocenters. The molecule has 1 heteroatoms. The highest BCUT2D eigenvalue weighted by Gasteiger charge is 2.24. The molecule has 1 saturated carbocycles. The standard InChI is InChI=1S/C11H23N/c1-8(2)10(4)12-11-7-5-6-9(11)3/h8-12H,5-7H2,1-4H3/t9-,10+,11+/m1/s1. The molecule has 0 amide bonds. The van der Waals surface area contributed by atoms with Crippen LogP contribution in [0.2, 0.25) is 0 Å². The molecule has 1 aliphatic rings. The van der Waals surface area contributed by atoms with E-state index >= 15 is 0 Å². The molecule has 1 N–H and O–H groups in total. The summed E-state index contributed by atoms with van der Waals surface area (Å²) in [5.74, 6) is 1.66. The first kappa shape index (κ1) is 10.0. The molecule has 0 radical (unpaired) electrons. The van der Waals surface area contributed by atoms with Crippen molar-refractivity contribution >= 4 is 0 Å². The number of nitrogens with one attached hydrogen (secondary N) is 1. The van der Waals surface area contributed by atoms with Crippen molar-refractivity contribution in [2.45, 2.75) is 59.0 Å². The van der Waals surface area contributed by atoms with Crippen LogP contribution in [0, 0.1) is 11.8 Å². The molecular formula is C11H23N. The average Bonchev–Trinajstić information content (AvgIpc) is 2.36. The van der Waals surface area contributed by atoms with Gasteiger partial charge in [-0.25, -0.2) is 0 Å². The summed E-state index contributed by atoms with van der Waals surface area (Å²) in [6.45, 7) is 9.25. The van der Waals surface area contributed by atoms with Gasteiger partial charge in [-0.3, -0.25) is 0 Å². The van der Waals surface area contributed by atoms with Crippen LogP contribution in [-0.2, 0) is 0 Å². The summed E-state index contributed by atoms with van der Waals surface area (Å²) in [7, 11) is 0. The van der Waals surface area contributed by atoms with E-state index in [9.17, 15) is 0 Å². The Labute approximate surface area is 76.9 Å². The Hall–Kier alpha value is -0.0400. The molecular weight excluding hydrogens is 146 g/mol. The van der Waals surface area contributed by atoms with Gasteiger partial charge < -0.3 is 5.32 Å². The SMILES string of the molecule is CC(C)[C@H](C)N[C@H]1CCC[C@H]1C. The third-order valence-corrected chi connectivity index (χ3v) is 3.34. The van der Waals surface area contributed by atoms with Crippen LogP contribution in [0.1, 0.15) is 47.0 Å². The zero-order valence-corrected chi connectivity index (χ0v) is 8.93. The van der Waals surface area contributed by atoms with E-state index in [0.29, 0.717) is 6.04 Å². The highest BCUT2D eigenvalue weighted by atomic mass is 15.0. The fraction of sp³-hybridized carbons (Fsp3) is 1.00. The highest BCUT2D eigenvalue weighted by Crippen LogP contribution is 2.25. The van der Waals surface area contributed by atoms with Gasteiger partial charge in [0.15, 0.2) is 0 Å². The van der Waals surface area contributed by atoms with E-state index in [1.165, 1.54) is 19.3 Å². The second-order valence-electron chi connectivity index (χ2n) is 4.71. The molecule has 0 aliphatic heterocycles. The molecule has 0 aromatic carbocycles. The van der Waals surface area contributed by atoms with E-state index in [1.807, 2.05) is 0 Å². The van der Waals surface area contributed by atoms with Gasteiger partial charge in [-0.05, 0) is 31.6 Å². The molecule has 0 saturated heterocycles. The Morgan fingerprint density at radius 3 is 2.25 bits per heavy atom. The Kier molecular flexibility index (Phi) is 3.57. The predicted octanol–water partition coefficient (Wildman–Crippen LogP) is 2.81.